The number of carbonyl (C=O) groups is 2. The Labute approximate surface area is 106 Å². The highest BCUT2D eigenvalue weighted by molar-refractivity contribution is 5.89. The first-order chi connectivity index (χ1) is 8.42. The van der Waals surface area contributed by atoms with Crippen LogP contribution >= 0.6 is 0 Å². The molecule has 1 aromatic rings. The van der Waals surface area contributed by atoms with Crippen molar-refractivity contribution < 1.29 is 14.7 Å². The Kier molecular flexibility index (Phi) is 3.15. The van der Waals surface area contributed by atoms with Crippen molar-refractivity contribution in [2.45, 2.75) is 25.7 Å². The molecule has 0 aromatic carbocycles. The van der Waals surface area contributed by atoms with Crippen molar-refractivity contribution in [3.8, 4) is 0 Å². The van der Waals surface area contributed by atoms with Gasteiger partial charge in [0, 0.05) is 23.9 Å². The number of carboxylic acid groups (broad SMARTS) is 1. The number of hydrogen-bond donors (Lipinski definition) is 3. The summed E-state index contributed by atoms with van der Waals surface area (Å²) in [4.78, 5) is 25.6. The number of carbonyl (C=O) groups excluding carboxylic acids is 1. The van der Waals surface area contributed by atoms with E-state index in [0.29, 0.717) is 13.0 Å². The maximum absolute atomic E-state index is 11.8. The van der Waals surface area contributed by atoms with Crippen molar-refractivity contribution in [2.75, 3.05) is 6.54 Å². The molecule has 1 amide bonds. The number of H-pyrrole nitrogens is 1. The molecule has 5 nitrogen and oxygen atoms in total. The van der Waals surface area contributed by atoms with Gasteiger partial charge in [-0.05, 0) is 18.6 Å². The second-order valence-electron chi connectivity index (χ2n) is 5.47. The zero-order valence-corrected chi connectivity index (χ0v) is 10.6. The third kappa shape index (κ3) is 2.55. The van der Waals surface area contributed by atoms with E-state index < -0.39 is 11.9 Å². The summed E-state index contributed by atoms with van der Waals surface area (Å²) in [7, 11) is 0. The number of carboxylic acids is 1. The van der Waals surface area contributed by atoms with Crippen LogP contribution in [0.5, 0.6) is 0 Å². The molecule has 2 atom stereocenters. The Hall–Kier alpha value is -1.78. The van der Waals surface area contributed by atoms with Gasteiger partial charge in [-0.15, -0.1) is 0 Å². The van der Waals surface area contributed by atoms with Crippen molar-refractivity contribution in [1.82, 2.24) is 10.3 Å². The van der Waals surface area contributed by atoms with E-state index in [4.69, 9.17) is 5.11 Å². The van der Waals surface area contributed by atoms with E-state index in [1.165, 1.54) is 0 Å². The second-order valence-corrected chi connectivity index (χ2v) is 5.47. The minimum atomic E-state index is -0.876. The van der Waals surface area contributed by atoms with Crippen LogP contribution in [-0.4, -0.2) is 28.5 Å². The zero-order chi connectivity index (χ0) is 13.3. The van der Waals surface area contributed by atoms with Crippen LogP contribution in [0.25, 0.3) is 0 Å². The molecule has 3 N–H and O–H groups in total. The van der Waals surface area contributed by atoms with Gasteiger partial charge in [0.15, 0.2) is 0 Å². The summed E-state index contributed by atoms with van der Waals surface area (Å²) in [5.74, 6) is -1.86. The molecule has 0 bridgehead atoms. The van der Waals surface area contributed by atoms with Gasteiger partial charge in [0.05, 0.1) is 11.8 Å². The van der Waals surface area contributed by atoms with Crippen molar-refractivity contribution in [3.05, 3.63) is 24.0 Å². The molecule has 1 heterocycles. The highest BCUT2D eigenvalue weighted by atomic mass is 16.4. The largest absolute Gasteiger partial charge is 0.481 e. The van der Waals surface area contributed by atoms with Gasteiger partial charge in [-0.25, -0.2) is 0 Å². The lowest BCUT2D eigenvalue weighted by Crippen LogP contribution is -2.38. The normalized spacial score (nSPS) is 22.6. The lowest BCUT2D eigenvalue weighted by atomic mass is 9.89. The molecule has 1 saturated carbocycles. The molecule has 98 valence electrons. The highest BCUT2D eigenvalue weighted by Gasteiger charge is 2.48. The number of hydrogen-bond acceptors (Lipinski definition) is 2. The molecule has 1 aromatic heterocycles. The average molecular weight is 250 g/mol. The van der Waals surface area contributed by atoms with Gasteiger partial charge in [0.25, 0.3) is 0 Å². The number of aliphatic carboxylic acids is 1. The molecule has 0 aliphatic heterocycles. The lowest BCUT2D eigenvalue weighted by Gasteiger charge is -2.24. The lowest BCUT2D eigenvalue weighted by molar-refractivity contribution is -0.140. The number of amides is 1. The smallest absolute Gasteiger partial charge is 0.307 e. The van der Waals surface area contributed by atoms with Gasteiger partial charge >= 0.3 is 5.97 Å². The Morgan fingerprint density at radius 3 is 2.72 bits per heavy atom. The molecule has 1 aliphatic rings. The Bertz CT molecular complexity index is 451. The molecule has 5 heteroatoms. The third-order valence-corrected chi connectivity index (χ3v) is 3.48. The molecule has 0 radical (unpaired) electrons. The second kappa shape index (κ2) is 4.48. The van der Waals surface area contributed by atoms with Crippen molar-refractivity contribution in [1.29, 1.82) is 0 Å². The average Bonchev–Trinajstić information content (AvgIpc) is 2.92. The molecular weight excluding hydrogens is 232 g/mol. The van der Waals surface area contributed by atoms with Crippen LogP contribution in [0.15, 0.2) is 18.3 Å². The molecule has 0 spiro atoms. The first kappa shape index (κ1) is 12.7. The number of rotatable bonds is 5. The van der Waals surface area contributed by atoms with E-state index in [1.54, 1.807) is 0 Å². The molecule has 1 fully saturated rings. The topological polar surface area (TPSA) is 82.2 Å². The molecule has 18 heavy (non-hydrogen) atoms. The van der Waals surface area contributed by atoms with Gasteiger partial charge in [-0.1, -0.05) is 13.8 Å². The Morgan fingerprint density at radius 2 is 2.22 bits per heavy atom. The Morgan fingerprint density at radius 1 is 1.50 bits per heavy atom. The maximum Gasteiger partial charge on any atom is 0.307 e. The number of aromatic amines is 1. The predicted octanol–water partition coefficient (Wildman–Crippen LogP) is 1.13. The molecule has 1 aliphatic carbocycles. The molecule has 0 saturated heterocycles. The van der Waals surface area contributed by atoms with Crippen LogP contribution in [-0.2, 0) is 15.0 Å². The van der Waals surface area contributed by atoms with Gasteiger partial charge in [-0.3, -0.25) is 9.59 Å². The fourth-order valence-corrected chi connectivity index (χ4v) is 2.04. The minimum absolute atomic E-state index is 0.151. The summed E-state index contributed by atoms with van der Waals surface area (Å²) in [5.41, 5.74) is 0.862. The molecular formula is C13H18N2O3. The minimum Gasteiger partial charge on any atom is -0.481 e. The van der Waals surface area contributed by atoms with Crippen molar-refractivity contribution >= 4 is 11.9 Å². The SMILES string of the molecule is CC(C)(CNC(=O)C1CC1C(=O)O)c1ccc[nH]1. The van der Waals surface area contributed by atoms with Crippen LogP contribution in [0.1, 0.15) is 26.0 Å². The van der Waals surface area contributed by atoms with Gasteiger partial charge in [0.1, 0.15) is 0 Å². The predicted molar refractivity (Wildman–Crippen MR) is 66.1 cm³/mol. The fourth-order valence-electron chi connectivity index (χ4n) is 2.04. The summed E-state index contributed by atoms with van der Waals surface area (Å²) in [6.07, 6.45) is 2.31. The number of aromatic nitrogens is 1. The van der Waals surface area contributed by atoms with E-state index in [1.807, 2.05) is 32.2 Å². The van der Waals surface area contributed by atoms with Crippen molar-refractivity contribution in [2.24, 2.45) is 11.8 Å². The van der Waals surface area contributed by atoms with Crippen LogP contribution in [0.4, 0.5) is 0 Å². The van der Waals surface area contributed by atoms with Crippen LogP contribution in [0.2, 0.25) is 0 Å². The number of nitrogens with one attached hydrogen (secondary N) is 2. The highest BCUT2D eigenvalue weighted by Crippen LogP contribution is 2.38. The molecule has 2 rings (SSSR count). The summed E-state index contributed by atoms with van der Waals surface area (Å²) in [6, 6.07) is 3.89. The summed E-state index contributed by atoms with van der Waals surface area (Å²) in [5, 5.41) is 11.6. The quantitative estimate of drug-likeness (QED) is 0.732. The third-order valence-electron chi connectivity index (χ3n) is 3.48. The van der Waals surface area contributed by atoms with Crippen LogP contribution in [0, 0.1) is 11.8 Å². The maximum atomic E-state index is 11.8. The molecule has 2 unspecified atom stereocenters. The van der Waals surface area contributed by atoms with E-state index in [2.05, 4.69) is 10.3 Å². The van der Waals surface area contributed by atoms with Crippen molar-refractivity contribution in [3.63, 3.8) is 0 Å². The van der Waals surface area contributed by atoms with Gasteiger partial charge in [0.2, 0.25) is 5.91 Å². The summed E-state index contributed by atoms with van der Waals surface area (Å²) < 4.78 is 0. The van der Waals surface area contributed by atoms with E-state index in [9.17, 15) is 9.59 Å². The van der Waals surface area contributed by atoms with E-state index in [-0.39, 0.29) is 17.2 Å². The monoisotopic (exact) mass is 250 g/mol. The first-order valence-electron chi connectivity index (χ1n) is 6.06. The van der Waals surface area contributed by atoms with Gasteiger partial charge < -0.3 is 15.4 Å². The fraction of sp³-hybridized carbons (Fsp3) is 0.538. The summed E-state index contributed by atoms with van der Waals surface area (Å²) in [6.45, 7) is 4.55. The first-order valence-corrected chi connectivity index (χ1v) is 6.06. The zero-order valence-electron chi connectivity index (χ0n) is 10.6. The van der Waals surface area contributed by atoms with E-state index in [0.717, 1.165) is 5.69 Å². The van der Waals surface area contributed by atoms with E-state index >= 15 is 0 Å². The standard InChI is InChI=1S/C13H18N2O3/c1-13(2,10-4-3-5-14-10)7-15-11(16)8-6-9(8)12(17)18/h3-5,8-9,14H,6-7H2,1-2H3,(H,15,16)(H,17,18). The Balaban J connectivity index is 1.85. The van der Waals surface area contributed by atoms with Gasteiger partial charge in [-0.2, -0.15) is 0 Å². The van der Waals surface area contributed by atoms with Crippen LogP contribution in [0.3, 0.4) is 0 Å². The van der Waals surface area contributed by atoms with Crippen LogP contribution < -0.4 is 5.32 Å². The summed E-state index contributed by atoms with van der Waals surface area (Å²) >= 11 is 0.